The van der Waals surface area contributed by atoms with E-state index < -0.39 is 0 Å². The lowest BCUT2D eigenvalue weighted by Crippen LogP contribution is -2.11. The summed E-state index contributed by atoms with van der Waals surface area (Å²) in [6.45, 7) is 10.6. The maximum absolute atomic E-state index is 4.02. The normalized spacial score (nSPS) is 15.2. The first-order valence-electron chi connectivity index (χ1n) is 10.7. The lowest BCUT2D eigenvalue weighted by molar-refractivity contribution is 0.643. The third kappa shape index (κ3) is 7.72. The summed E-state index contributed by atoms with van der Waals surface area (Å²) in [5.74, 6) is 0.691. The van der Waals surface area contributed by atoms with E-state index in [0.29, 0.717) is 11.8 Å². The second-order valence-corrected chi connectivity index (χ2v) is 7.51. The fraction of sp³-hybridized carbons (Fsp3) is 0.200. The van der Waals surface area contributed by atoms with Gasteiger partial charge in [0.25, 0.3) is 0 Å². The molecule has 2 aromatic rings. The van der Waals surface area contributed by atoms with E-state index in [0.717, 1.165) is 6.42 Å². The van der Waals surface area contributed by atoms with E-state index in [9.17, 15) is 0 Å². The van der Waals surface area contributed by atoms with Crippen molar-refractivity contribution in [2.24, 2.45) is 11.8 Å². The molecule has 154 valence electrons. The van der Waals surface area contributed by atoms with Crippen LogP contribution in [0.3, 0.4) is 0 Å². The maximum Gasteiger partial charge on any atom is 0.00506 e. The molecule has 0 heteroatoms. The molecule has 0 saturated heterocycles. The average Bonchev–Trinajstić information content (AvgIpc) is 2.77. The summed E-state index contributed by atoms with van der Waals surface area (Å²) >= 11 is 0. The Bertz CT molecular complexity index is 905. The molecule has 2 aromatic carbocycles. The predicted molar refractivity (Wildman–Crippen MR) is 135 cm³/mol. The molecule has 30 heavy (non-hydrogen) atoms. The summed E-state index contributed by atoms with van der Waals surface area (Å²) in [6, 6.07) is 20.8. The minimum atomic E-state index is 0.328. The molecule has 2 rings (SSSR count). The zero-order chi connectivity index (χ0) is 21.6. The second-order valence-electron chi connectivity index (χ2n) is 7.51. The van der Waals surface area contributed by atoms with Gasteiger partial charge in [0, 0.05) is 5.92 Å². The van der Waals surface area contributed by atoms with Gasteiger partial charge in [0.2, 0.25) is 0 Å². The first-order chi connectivity index (χ1) is 14.7. The molecular weight excluding hydrogens is 360 g/mol. The van der Waals surface area contributed by atoms with Gasteiger partial charge in [-0.2, -0.15) is 0 Å². The molecular formula is C30H34. The summed E-state index contributed by atoms with van der Waals surface area (Å²) in [7, 11) is 0. The Labute approximate surface area is 183 Å². The zero-order valence-electron chi connectivity index (χ0n) is 18.5. The van der Waals surface area contributed by atoms with Gasteiger partial charge in [-0.25, -0.2) is 0 Å². The van der Waals surface area contributed by atoms with Gasteiger partial charge in [-0.05, 0) is 37.3 Å². The molecule has 2 unspecified atom stereocenters. The summed E-state index contributed by atoms with van der Waals surface area (Å²) in [4.78, 5) is 0. The van der Waals surface area contributed by atoms with Crippen molar-refractivity contribution in [1.29, 1.82) is 0 Å². The molecule has 0 aromatic heterocycles. The third-order valence-corrected chi connectivity index (χ3v) is 5.19. The van der Waals surface area contributed by atoms with Crippen LogP contribution in [0.15, 0.2) is 121 Å². The molecule has 2 atom stereocenters. The van der Waals surface area contributed by atoms with Crippen molar-refractivity contribution in [2.45, 2.75) is 27.2 Å². The summed E-state index contributed by atoms with van der Waals surface area (Å²) in [5, 5.41) is 0. The van der Waals surface area contributed by atoms with Gasteiger partial charge >= 0.3 is 0 Å². The highest BCUT2D eigenvalue weighted by Crippen LogP contribution is 2.31. The molecule has 0 fully saturated rings. The van der Waals surface area contributed by atoms with Crippen molar-refractivity contribution >= 4 is 12.2 Å². The molecule has 0 bridgehead atoms. The Balaban J connectivity index is 2.31. The largest absolute Gasteiger partial charge is 0.103 e. The number of hydrogen-bond acceptors (Lipinski definition) is 0. The SMILES string of the molecule is C=CCC(C(C)=CC=Cc1ccccc1)C(=CC=Cc1ccccc1)C(C)C=CC. The van der Waals surface area contributed by atoms with Crippen LogP contribution in [0.5, 0.6) is 0 Å². The highest BCUT2D eigenvalue weighted by molar-refractivity contribution is 5.52. The molecule has 0 saturated carbocycles. The van der Waals surface area contributed by atoms with Crippen LogP contribution in [0.25, 0.3) is 12.2 Å². The van der Waals surface area contributed by atoms with Crippen molar-refractivity contribution in [3.8, 4) is 0 Å². The van der Waals surface area contributed by atoms with Crippen molar-refractivity contribution in [3.63, 3.8) is 0 Å². The van der Waals surface area contributed by atoms with E-state index in [1.165, 1.54) is 22.3 Å². The molecule has 0 N–H and O–H groups in total. The van der Waals surface area contributed by atoms with Crippen LogP contribution in [-0.2, 0) is 0 Å². The van der Waals surface area contributed by atoms with Gasteiger partial charge in [0.1, 0.15) is 0 Å². The molecule has 0 nitrogen and oxygen atoms in total. The van der Waals surface area contributed by atoms with E-state index in [-0.39, 0.29) is 0 Å². The van der Waals surface area contributed by atoms with Crippen LogP contribution in [0.1, 0.15) is 38.3 Å². The third-order valence-electron chi connectivity index (χ3n) is 5.19. The van der Waals surface area contributed by atoms with Crippen LogP contribution < -0.4 is 0 Å². The molecule has 0 spiro atoms. The minimum Gasteiger partial charge on any atom is -0.103 e. The van der Waals surface area contributed by atoms with Gasteiger partial charge in [-0.3, -0.25) is 0 Å². The maximum atomic E-state index is 4.02. The fourth-order valence-corrected chi connectivity index (χ4v) is 3.56. The van der Waals surface area contributed by atoms with E-state index in [2.05, 4.69) is 124 Å². The number of allylic oxidation sites excluding steroid dienone is 9. The fourth-order valence-electron chi connectivity index (χ4n) is 3.56. The molecule has 0 heterocycles. The molecule has 0 amide bonds. The Kier molecular flexibility index (Phi) is 10.2. The van der Waals surface area contributed by atoms with Gasteiger partial charge in [0.05, 0.1) is 0 Å². The van der Waals surface area contributed by atoms with Gasteiger partial charge in [-0.15, -0.1) is 6.58 Å². The van der Waals surface area contributed by atoms with E-state index in [1.54, 1.807) is 0 Å². The standard InChI is InChI=1S/C30H34/c1-5-15-25(3)30(24-14-23-28-20-11-8-12-21-28)29(16-6-2)26(4)17-13-22-27-18-9-7-10-19-27/h5-15,17-25,29H,2,16H2,1,3-4H3. The summed E-state index contributed by atoms with van der Waals surface area (Å²) in [6.07, 6.45) is 20.5. The predicted octanol–water partition coefficient (Wildman–Crippen LogP) is 8.69. The summed E-state index contributed by atoms with van der Waals surface area (Å²) < 4.78 is 0. The van der Waals surface area contributed by atoms with E-state index >= 15 is 0 Å². The topological polar surface area (TPSA) is 0 Å². The highest BCUT2D eigenvalue weighted by atomic mass is 14.2. The minimum absolute atomic E-state index is 0.328. The van der Waals surface area contributed by atoms with Gasteiger partial charge in [0.15, 0.2) is 0 Å². The van der Waals surface area contributed by atoms with Gasteiger partial charge in [-0.1, -0.05) is 133 Å². The Morgan fingerprint density at radius 2 is 1.40 bits per heavy atom. The average molecular weight is 395 g/mol. The highest BCUT2D eigenvalue weighted by Gasteiger charge is 2.18. The van der Waals surface area contributed by atoms with Crippen LogP contribution in [0.4, 0.5) is 0 Å². The van der Waals surface area contributed by atoms with Crippen molar-refractivity contribution in [3.05, 3.63) is 132 Å². The van der Waals surface area contributed by atoms with Crippen LogP contribution in [0.2, 0.25) is 0 Å². The Hall–Kier alpha value is -3.12. The quantitative estimate of drug-likeness (QED) is 0.279. The van der Waals surface area contributed by atoms with E-state index in [4.69, 9.17) is 0 Å². The van der Waals surface area contributed by atoms with E-state index in [1.807, 2.05) is 18.2 Å². The van der Waals surface area contributed by atoms with Crippen molar-refractivity contribution in [2.75, 3.05) is 0 Å². The van der Waals surface area contributed by atoms with Crippen LogP contribution in [-0.4, -0.2) is 0 Å². The van der Waals surface area contributed by atoms with Gasteiger partial charge < -0.3 is 0 Å². The second kappa shape index (κ2) is 13.2. The molecule has 0 aliphatic heterocycles. The van der Waals surface area contributed by atoms with Crippen LogP contribution in [0, 0.1) is 11.8 Å². The van der Waals surface area contributed by atoms with Crippen molar-refractivity contribution in [1.82, 2.24) is 0 Å². The first-order valence-corrected chi connectivity index (χ1v) is 10.7. The number of hydrogen-bond donors (Lipinski definition) is 0. The lowest BCUT2D eigenvalue weighted by atomic mass is 9.81. The molecule has 0 aliphatic rings. The zero-order valence-corrected chi connectivity index (χ0v) is 18.5. The summed E-state index contributed by atoms with van der Waals surface area (Å²) in [5.41, 5.74) is 5.18. The Morgan fingerprint density at radius 3 is 1.90 bits per heavy atom. The monoisotopic (exact) mass is 394 g/mol. The number of benzene rings is 2. The Morgan fingerprint density at radius 1 is 0.867 bits per heavy atom. The lowest BCUT2D eigenvalue weighted by Gasteiger charge is -2.24. The van der Waals surface area contributed by atoms with Crippen LogP contribution >= 0.6 is 0 Å². The molecule has 0 aliphatic carbocycles. The number of rotatable bonds is 10. The smallest absolute Gasteiger partial charge is 0.00506 e. The van der Waals surface area contributed by atoms with Crippen molar-refractivity contribution < 1.29 is 0 Å². The first kappa shape index (κ1) is 23.2. The molecule has 0 radical (unpaired) electrons.